The predicted octanol–water partition coefficient (Wildman–Crippen LogP) is 4.64. The second kappa shape index (κ2) is 7.66. The van der Waals surface area contributed by atoms with Gasteiger partial charge in [-0.3, -0.25) is 9.59 Å². The Bertz CT molecular complexity index is 891. The van der Waals surface area contributed by atoms with Crippen LogP contribution in [-0.4, -0.2) is 24.9 Å². The van der Waals surface area contributed by atoms with E-state index in [4.69, 9.17) is 9.47 Å². The Hall–Kier alpha value is -2.73. The molecule has 0 bridgehead atoms. The monoisotopic (exact) mass is 369 g/mol. The van der Waals surface area contributed by atoms with Crippen molar-refractivity contribution in [3.8, 4) is 11.5 Å². The first kappa shape index (κ1) is 18.1. The molecular formula is C20H19NO4S. The lowest BCUT2D eigenvalue weighted by atomic mass is 10.1. The highest BCUT2D eigenvalue weighted by Crippen LogP contribution is 2.37. The molecule has 2 amide bonds. The van der Waals surface area contributed by atoms with Crippen molar-refractivity contribution in [1.29, 1.82) is 0 Å². The van der Waals surface area contributed by atoms with Gasteiger partial charge in [-0.25, -0.2) is 4.90 Å². The number of rotatable bonds is 5. The summed E-state index contributed by atoms with van der Waals surface area (Å²) in [6.07, 6.45) is 1.69. The minimum atomic E-state index is -0.321. The van der Waals surface area contributed by atoms with Gasteiger partial charge < -0.3 is 9.47 Å². The van der Waals surface area contributed by atoms with Gasteiger partial charge in [0.25, 0.3) is 11.1 Å². The fraction of sp³-hybridized carbons (Fsp3) is 0.200. The maximum Gasteiger partial charge on any atom is 0.298 e. The predicted molar refractivity (Wildman–Crippen MR) is 104 cm³/mol. The standard InChI is InChI=1S/C20H19NO4S/c1-4-25-16-9-8-14(11-17(16)24-3)12-18-19(22)21(20(23)26-18)15-7-5-6-13(2)10-15/h5-12H,4H2,1-3H3/b18-12-. The number of aryl methyl sites for hydroxylation is 1. The number of thioether (sulfide) groups is 1. The average Bonchev–Trinajstić information content (AvgIpc) is 2.90. The number of carbonyl (C=O) groups is 2. The molecule has 0 saturated carbocycles. The first-order valence-corrected chi connectivity index (χ1v) is 9.00. The summed E-state index contributed by atoms with van der Waals surface area (Å²) in [5.74, 6) is 0.900. The molecule has 1 heterocycles. The lowest BCUT2D eigenvalue weighted by molar-refractivity contribution is -0.113. The molecule has 5 nitrogen and oxygen atoms in total. The van der Waals surface area contributed by atoms with Gasteiger partial charge in [0.05, 0.1) is 24.3 Å². The second-order valence-corrected chi connectivity index (χ2v) is 6.69. The minimum absolute atomic E-state index is 0.301. The maximum atomic E-state index is 12.7. The molecule has 1 aliphatic heterocycles. The first-order chi connectivity index (χ1) is 12.5. The van der Waals surface area contributed by atoms with Crippen molar-refractivity contribution in [3.63, 3.8) is 0 Å². The number of hydrogen-bond acceptors (Lipinski definition) is 5. The molecule has 0 aliphatic carbocycles. The molecule has 0 atom stereocenters. The zero-order valence-electron chi connectivity index (χ0n) is 14.8. The van der Waals surface area contributed by atoms with Crippen molar-refractivity contribution >= 4 is 34.7 Å². The number of ether oxygens (including phenoxy) is 2. The summed E-state index contributed by atoms with van der Waals surface area (Å²) >= 11 is 0.932. The van der Waals surface area contributed by atoms with E-state index in [9.17, 15) is 9.59 Å². The van der Waals surface area contributed by atoms with Crippen LogP contribution < -0.4 is 14.4 Å². The summed E-state index contributed by atoms with van der Waals surface area (Å²) in [5, 5.41) is -0.301. The highest BCUT2D eigenvalue weighted by atomic mass is 32.2. The zero-order chi connectivity index (χ0) is 18.7. The number of nitrogens with zero attached hydrogens (tertiary/aromatic N) is 1. The smallest absolute Gasteiger partial charge is 0.298 e. The van der Waals surface area contributed by atoms with E-state index in [2.05, 4.69) is 0 Å². The van der Waals surface area contributed by atoms with Crippen molar-refractivity contribution in [2.45, 2.75) is 13.8 Å². The van der Waals surface area contributed by atoms with Crippen LogP contribution in [0.3, 0.4) is 0 Å². The lowest BCUT2D eigenvalue weighted by Crippen LogP contribution is -2.27. The van der Waals surface area contributed by atoms with E-state index in [1.54, 1.807) is 31.4 Å². The maximum absolute atomic E-state index is 12.7. The van der Waals surface area contributed by atoms with Crippen LogP contribution in [0, 0.1) is 6.92 Å². The fourth-order valence-electron chi connectivity index (χ4n) is 2.66. The molecule has 0 radical (unpaired) electrons. The molecule has 134 valence electrons. The summed E-state index contributed by atoms with van der Waals surface area (Å²) in [5.41, 5.74) is 2.34. The van der Waals surface area contributed by atoms with Gasteiger partial charge in [0, 0.05) is 0 Å². The van der Waals surface area contributed by atoms with Gasteiger partial charge in [-0.15, -0.1) is 0 Å². The van der Waals surface area contributed by atoms with Gasteiger partial charge in [-0.1, -0.05) is 18.2 Å². The largest absolute Gasteiger partial charge is 0.493 e. The molecule has 0 unspecified atom stereocenters. The highest BCUT2D eigenvalue weighted by Gasteiger charge is 2.36. The van der Waals surface area contributed by atoms with Gasteiger partial charge in [-0.2, -0.15) is 0 Å². The molecule has 0 N–H and O–H groups in total. The van der Waals surface area contributed by atoms with Gasteiger partial charge in [-0.05, 0) is 67.1 Å². The number of carbonyl (C=O) groups excluding carboxylic acids is 2. The van der Waals surface area contributed by atoms with E-state index >= 15 is 0 Å². The Labute approximate surface area is 156 Å². The number of methoxy groups -OCH3 is 1. The normalized spacial score (nSPS) is 15.7. The van der Waals surface area contributed by atoms with Crippen molar-refractivity contribution in [2.24, 2.45) is 0 Å². The van der Waals surface area contributed by atoms with Crippen LogP contribution >= 0.6 is 11.8 Å². The van der Waals surface area contributed by atoms with Crippen molar-refractivity contribution in [1.82, 2.24) is 0 Å². The molecule has 0 aromatic heterocycles. The van der Waals surface area contributed by atoms with Gasteiger partial charge in [0.2, 0.25) is 0 Å². The van der Waals surface area contributed by atoms with Crippen LogP contribution in [0.5, 0.6) is 11.5 Å². The molecule has 1 aliphatic rings. The Balaban J connectivity index is 1.90. The summed E-state index contributed by atoms with van der Waals surface area (Å²) < 4.78 is 10.8. The SMILES string of the molecule is CCOc1ccc(/C=C2\SC(=O)N(c3cccc(C)c3)C2=O)cc1OC. The van der Waals surface area contributed by atoms with Crippen LogP contribution in [0.1, 0.15) is 18.1 Å². The Morgan fingerprint density at radius 3 is 2.62 bits per heavy atom. The first-order valence-electron chi connectivity index (χ1n) is 8.19. The number of hydrogen-bond donors (Lipinski definition) is 0. The third kappa shape index (κ3) is 3.60. The third-order valence-corrected chi connectivity index (χ3v) is 4.71. The quantitative estimate of drug-likeness (QED) is 0.719. The zero-order valence-corrected chi connectivity index (χ0v) is 15.6. The van der Waals surface area contributed by atoms with Crippen LogP contribution in [0.15, 0.2) is 47.4 Å². The van der Waals surface area contributed by atoms with Crippen LogP contribution in [0.2, 0.25) is 0 Å². The van der Waals surface area contributed by atoms with Crippen molar-refractivity contribution < 1.29 is 19.1 Å². The van der Waals surface area contributed by atoms with Gasteiger partial charge in [0.15, 0.2) is 11.5 Å². The van der Waals surface area contributed by atoms with Crippen molar-refractivity contribution in [2.75, 3.05) is 18.6 Å². The Kier molecular flexibility index (Phi) is 5.32. The van der Waals surface area contributed by atoms with E-state index in [-0.39, 0.29) is 11.1 Å². The minimum Gasteiger partial charge on any atom is -0.493 e. The third-order valence-electron chi connectivity index (χ3n) is 3.84. The Morgan fingerprint density at radius 2 is 1.92 bits per heavy atom. The van der Waals surface area contributed by atoms with Crippen LogP contribution in [0.25, 0.3) is 6.08 Å². The van der Waals surface area contributed by atoms with E-state index in [1.807, 2.05) is 38.1 Å². The van der Waals surface area contributed by atoms with Crippen molar-refractivity contribution in [3.05, 3.63) is 58.5 Å². The highest BCUT2D eigenvalue weighted by molar-refractivity contribution is 8.19. The van der Waals surface area contributed by atoms with Crippen LogP contribution in [-0.2, 0) is 4.79 Å². The number of amides is 2. The molecule has 3 rings (SSSR count). The number of imide groups is 1. The molecule has 1 saturated heterocycles. The molecule has 26 heavy (non-hydrogen) atoms. The van der Waals surface area contributed by atoms with Crippen LogP contribution in [0.4, 0.5) is 10.5 Å². The molecular weight excluding hydrogens is 350 g/mol. The van der Waals surface area contributed by atoms with Gasteiger partial charge >= 0.3 is 0 Å². The molecule has 1 fully saturated rings. The van der Waals surface area contributed by atoms with E-state index in [1.165, 1.54) is 4.90 Å². The molecule has 0 spiro atoms. The van der Waals surface area contributed by atoms with E-state index < -0.39 is 0 Å². The Morgan fingerprint density at radius 1 is 1.12 bits per heavy atom. The fourth-order valence-corrected chi connectivity index (χ4v) is 3.50. The van der Waals surface area contributed by atoms with E-state index in [0.29, 0.717) is 28.7 Å². The second-order valence-electron chi connectivity index (χ2n) is 5.70. The van der Waals surface area contributed by atoms with Gasteiger partial charge in [0.1, 0.15) is 0 Å². The summed E-state index contributed by atoms with van der Waals surface area (Å²) in [4.78, 5) is 26.6. The summed E-state index contributed by atoms with van der Waals surface area (Å²) in [6.45, 7) is 4.35. The van der Waals surface area contributed by atoms with E-state index in [0.717, 1.165) is 22.9 Å². The molecule has 6 heteroatoms. The average molecular weight is 369 g/mol. The number of anilines is 1. The number of benzene rings is 2. The summed E-state index contributed by atoms with van der Waals surface area (Å²) in [7, 11) is 1.56. The topological polar surface area (TPSA) is 55.8 Å². The molecule has 2 aromatic carbocycles. The summed E-state index contributed by atoms with van der Waals surface area (Å²) in [6, 6.07) is 12.7. The molecule has 2 aromatic rings. The lowest BCUT2D eigenvalue weighted by Gasteiger charge is -2.12.